The van der Waals surface area contributed by atoms with E-state index in [0.717, 1.165) is 5.82 Å². The quantitative estimate of drug-likeness (QED) is 0.693. The van der Waals surface area contributed by atoms with Gasteiger partial charge in [-0.1, -0.05) is 0 Å². The lowest BCUT2D eigenvalue weighted by molar-refractivity contribution is -0.128. The molecule has 5 nitrogen and oxygen atoms in total. The predicted octanol–water partition coefficient (Wildman–Crippen LogP) is -0.487. The molecule has 1 aliphatic rings. The molecule has 0 aromatic carbocycles. The zero-order valence-corrected chi connectivity index (χ0v) is 8.05. The minimum absolute atomic E-state index is 0.000463. The van der Waals surface area contributed by atoms with Gasteiger partial charge in [-0.25, -0.2) is 4.98 Å². The Balaban J connectivity index is 2.05. The molecule has 2 rings (SSSR count). The monoisotopic (exact) mass is 195 g/mol. The van der Waals surface area contributed by atoms with Gasteiger partial charge < -0.3 is 14.6 Å². The van der Waals surface area contributed by atoms with E-state index < -0.39 is 6.10 Å². The SMILES string of the molecule is Cn1ccnc1CN1CC(O)CC1=O. The molecule has 76 valence electrons. The average molecular weight is 195 g/mol. The molecule has 2 heterocycles. The molecule has 1 saturated heterocycles. The fraction of sp³-hybridized carbons (Fsp3) is 0.556. The van der Waals surface area contributed by atoms with E-state index in [1.54, 1.807) is 11.1 Å². The fourth-order valence-corrected chi connectivity index (χ4v) is 1.62. The summed E-state index contributed by atoms with van der Waals surface area (Å²) in [6, 6.07) is 0. The Morgan fingerprint density at radius 3 is 3.00 bits per heavy atom. The van der Waals surface area contributed by atoms with Crippen molar-refractivity contribution < 1.29 is 9.90 Å². The van der Waals surface area contributed by atoms with Gasteiger partial charge in [-0.2, -0.15) is 0 Å². The van der Waals surface area contributed by atoms with Gasteiger partial charge >= 0.3 is 0 Å². The smallest absolute Gasteiger partial charge is 0.225 e. The van der Waals surface area contributed by atoms with Crippen molar-refractivity contribution in [2.75, 3.05) is 6.54 Å². The van der Waals surface area contributed by atoms with Gasteiger partial charge in [0, 0.05) is 26.0 Å². The van der Waals surface area contributed by atoms with Crippen LogP contribution < -0.4 is 0 Å². The van der Waals surface area contributed by atoms with E-state index in [-0.39, 0.29) is 12.3 Å². The van der Waals surface area contributed by atoms with Gasteiger partial charge in [0.25, 0.3) is 0 Å². The van der Waals surface area contributed by atoms with E-state index in [2.05, 4.69) is 4.98 Å². The first-order valence-electron chi connectivity index (χ1n) is 4.59. The van der Waals surface area contributed by atoms with Crippen LogP contribution in [0.5, 0.6) is 0 Å². The van der Waals surface area contributed by atoms with Crippen LogP contribution in [-0.4, -0.2) is 38.1 Å². The highest BCUT2D eigenvalue weighted by molar-refractivity contribution is 5.78. The third-order valence-electron chi connectivity index (χ3n) is 2.45. The van der Waals surface area contributed by atoms with Gasteiger partial charge in [-0.05, 0) is 0 Å². The molecule has 1 atom stereocenters. The molecule has 0 spiro atoms. The summed E-state index contributed by atoms with van der Waals surface area (Å²) in [5.41, 5.74) is 0. The molecule has 0 radical (unpaired) electrons. The second kappa shape index (κ2) is 3.42. The van der Waals surface area contributed by atoms with Crippen molar-refractivity contribution in [1.82, 2.24) is 14.5 Å². The Kier molecular flexibility index (Phi) is 2.25. The van der Waals surface area contributed by atoms with Crippen LogP contribution in [0.3, 0.4) is 0 Å². The van der Waals surface area contributed by atoms with Crippen molar-refractivity contribution >= 4 is 5.91 Å². The molecule has 0 bridgehead atoms. The molecule has 1 N–H and O–H groups in total. The number of likely N-dealkylation sites (tertiary alicyclic amines) is 1. The first kappa shape index (κ1) is 9.21. The van der Waals surface area contributed by atoms with Crippen LogP contribution in [0.4, 0.5) is 0 Å². The molecule has 1 aliphatic heterocycles. The van der Waals surface area contributed by atoms with E-state index in [4.69, 9.17) is 0 Å². The number of aromatic nitrogens is 2. The molecule has 5 heteroatoms. The zero-order valence-electron chi connectivity index (χ0n) is 8.05. The van der Waals surface area contributed by atoms with Gasteiger partial charge in [0.2, 0.25) is 5.91 Å². The number of aliphatic hydroxyl groups is 1. The number of carbonyl (C=O) groups excluding carboxylic acids is 1. The van der Waals surface area contributed by atoms with Crippen LogP contribution in [-0.2, 0) is 18.4 Å². The summed E-state index contributed by atoms with van der Waals surface area (Å²) in [6.07, 6.45) is 3.27. The number of aryl methyl sites for hydroxylation is 1. The van der Waals surface area contributed by atoms with Gasteiger partial charge in [0.05, 0.1) is 19.1 Å². The molecule has 1 aromatic heterocycles. The molecule has 1 fully saturated rings. The van der Waals surface area contributed by atoms with Crippen molar-refractivity contribution in [2.24, 2.45) is 7.05 Å². The van der Waals surface area contributed by atoms with Crippen LogP contribution in [0.25, 0.3) is 0 Å². The maximum absolute atomic E-state index is 11.4. The van der Waals surface area contributed by atoms with Crippen molar-refractivity contribution in [1.29, 1.82) is 0 Å². The van der Waals surface area contributed by atoms with E-state index in [9.17, 15) is 9.90 Å². The molecule has 1 aromatic rings. The van der Waals surface area contributed by atoms with Crippen LogP contribution in [0, 0.1) is 0 Å². The third kappa shape index (κ3) is 1.63. The Morgan fingerprint density at radius 1 is 1.71 bits per heavy atom. The van der Waals surface area contributed by atoms with E-state index in [0.29, 0.717) is 13.1 Å². The lowest BCUT2D eigenvalue weighted by atomic mass is 10.3. The highest BCUT2D eigenvalue weighted by Gasteiger charge is 2.28. The molecule has 1 unspecified atom stereocenters. The standard InChI is InChI=1S/C9H13N3O2/c1-11-3-2-10-8(11)6-12-5-7(13)4-9(12)14/h2-3,7,13H,4-6H2,1H3. The Hall–Kier alpha value is -1.36. The topological polar surface area (TPSA) is 58.4 Å². The highest BCUT2D eigenvalue weighted by Crippen LogP contribution is 2.13. The van der Waals surface area contributed by atoms with Crippen molar-refractivity contribution in [3.05, 3.63) is 18.2 Å². The number of aliphatic hydroxyl groups excluding tert-OH is 1. The highest BCUT2D eigenvalue weighted by atomic mass is 16.3. The third-order valence-corrected chi connectivity index (χ3v) is 2.45. The predicted molar refractivity (Wildman–Crippen MR) is 49.2 cm³/mol. The first-order chi connectivity index (χ1) is 6.66. The van der Waals surface area contributed by atoms with Crippen molar-refractivity contribution in [2.45, 2.75) is 19.1 Å². The fourth-order valence-electron chi connectivity index (χ4n) is 1.62. The molecular weight excluding hydrogens is 182 g/mol. The summed E-state index contributed by atoms with van der Waals surface area (Å²) in [7, 11) is 1.89. The number of β-amino-alcohol motifs (C(OH)–C–C–N with tert-alkyl or cyclic N) is 1. The van der Waals surface area contributed by atoms with Gasteiger partial charge in [-0.15, -0.1) is 0 Å². The average Bonchev–Trinajstić information content (AvgIpc) is 2.62. The van der Waals surface area contributed by atoms with Crippen LogP contribution in [0.1, 0.15) is 12.2 Å². The number of carbonyl (C=O) groups is 1. The van der Waals surface area contributed by atoms with Gasteiger partial charge in [-0.3, -0.25) is 4.79 Å². The number of hydrogen-bond acceptors (Lipinski definition) is 3. The van der Waals surface area contributed by atoms with E-state index >= 15 is 0 Å². The molecule has 0 aliphatic carbocycles. The molecular formula is C9H13N3O2. The number of imidazole rings is 1. The van der Waals surface area contributed by atoms with Crippen molar-refractivity contribution in [3.63, 3.8) is 0 Å². The van der Waals surface area contributed by atoms with Gasteiger partial charge in [0.15, 0.2) is 0 Å². The maximum atomic E-state index is 11.4. The summed E-state index contributed by atoms with van der Waals surface area (Å²) in [5.74, 6) is 0.841. The normalized spacial score (nSPS) is 22.0. The Bertz CT molecular complexity index is 348. The number of amides is 1. The molecule has 1 amide bonds. The number of nitrogens with zero attached hydrogens (tertiary/aromatic N) is 3. The maximum Gasteiger partial charge on any atom is 0.225 e. The van der Waals surface area contributed by atoms with Crippen LogP contribution in [0.2, 0.25) is 0 Å². The number of rotatable bonds is 2. The van der Waals surface area contributed by atoms with Crippen molar-refractivity contribution in [3.8, 4) is 0 Å². The minimum Gasteiger partial charge on any atom is -0.391 e. The van der Waals surface area contributed by atoms with Gasteiger partial charge in [0.1, 0.15) is 5.82 Å². The Labute approximate surface area is 82.0 Å². The first-order valence-corrected chi connectivity index (χ1v) is 4.59. The number of hydrogen-bond donors (Lipinski definition) is 1. The summed E-state index contributed by atoms with van der Waals surface area (Å²) < 4.78 is 1.87. The molecule has 14 heavy (non-hydrogen) atoms. The lowest BCUT2D eigenvalue weighted by Crippen LogP contribution is -2.26. The van der Waals surface area contributed by atoms with E-state index in [1.165, 1.54) is 0 Å². The second-order valence-electron chi connectivity index (χ2n) is 3.59. The van der Waals surface area contributed by atoms with Crippen LogP contribution >= 0.6 is 0 Å². The Morgan fingerprint density at radius 2 is 2.50 bits per heavy atom. The van der Waals surface area contributed by atoms with Crippen LogP contribution in [0.15, 0.2) is 12.4 Å². The summed E-state index contributed by atoms with van der Waals surface area (Å²) >= 11 is 0. The summed E-state index contributed by atoms with van der Waals surface area (Å²) in [4.78, 5) is 17.1. The molecule has 0 saturated carbocycles. The largest absolute Gasteiger partial charge is 0.391 e. The lowest BCUT2D eigenvalue weighted by Gasteiger charge is -2.14. The summed E-state index contributed by atoms with van der Waals surface area (Å²) in [6.45, 7) is 0.908. The second-order valence-corrected chi connectivity index (χ2v) is 3.59. The van der Waals surface area contributed by atoms with E-state index in [1.807, 2.05) is 17.8 Å². The summed E-state index contributed by atoms with van der Waals surface area (Å²) in [5, 5.41) is 9.28. The minimum atomic E-state index is -0.511. The zero-order chi connectivity index (χ0) is 10.1.